The second-order valence-electron chi connectivity index (χ2n) is 7.53. The lowest BCUT2D eigenvalue weighted by Crippen LogP contribution is -2.62. The van der Waals surface area contributed by atoms with Crippen molar-refractivity contribution in [3.63, 3.8) is 0 Å². The molecule has 0 saturated carbocycles. The van der Waals surface area contributed by atoms with Gasteiger partial charge in [0.15, 0.2) is 5.96 Å². The van der Waals surface area contributed by atoms with Gasteiger partial charge in [0.05, 0.1) is 0 Å². The molecule has 2 aromatic heterocycles. The Kier molecular flexibility index (Phi) is 5.36. The van der Waals surface area contributed by atoms with E-state index in [0.29, 0.717) is 12.5 Å². The minimum absolute atomic E-state index is 0.427. The van der Waals surface area contributed by atoms with Crippen molar-refractivity contribution in [1.82, 2.24) is 14.7 Å². The molecule has 1 aliphatic heterocycles. The minimum Gasteiger partial charge on any atom is -0.370 e. The summed E-state index contributed by atoms with van der Waals surface area (Å²) in [6.07, 6.45) is 9.01. The zero-order valence-corrected chi connectivity index (χ0v) is 18.9. The summed E-state index contributed by atoms with van der Waals surface area (Å²) in [7, 11) is 1.99. The quantitative estimate of drug-likeness (QED) is 0.589. The Balaban J connectivity index is 1.84. The molecule has 0 amide bonds. The molecule has 7 heteroatoms. The van der Waals surface area contributed by atoms with Crippen LogP contribution >= 0.6 is 27.3 Å². The van der Waals surface area contributed by atoms with Crippen LogP contribution < -0.4 is 5.73 Å². The first kappa shape index (κ1) is 19.9. The van der Waals surface area contributed by atoms with E-state index in [1.165, 1.54) is 5.56 Å². The van der Waals surface area contributed by atoms with Crippen LogP contribution in [0, 0.1) is 0 Å². The number of nitrogens with zero attached hydrogens (tertiary/aromatic N) is 4. The Morgan fingerprint density at radius 1 is 1.28 bits per heavy atom. The number of rotatable bonds is 5. The van der Waals surface area contributed by atoms with Crippen LogP contribution in [0.3, 0.4) is 0 Å². The first-order chi connectivity index (χ1) is 13.9. The van der Waals surface area contributed by atoms with Crippen molar-refractivity contribution in [2.24, 2.45) is 10.7 Å². The number of allylic oxidation sites excluding steroid dienone is 1. The summed E-state index contributed by atoms with van der Waals surface area (Å²) in [5.41, 5.74) is 6.50. The molecule has 4 rings (SSSR count). The molecule has 2 N–H and O–H groups in total. The van der Waals surface area contributed by atoms with Crippen molar-refractivity contribution in [1.29, 1.82) is 0 Å². The molecule has 3 heterocycles. The number of thiophene rings is 1. The fraction of sp³-hybridized carbons (Fsp3) is 0.273. The summed E-state index contributed by atoms with van der Waals surface area (Å²) in [6, 6.07) is 14.5. The van der Waals surface area contributed by atoms with Crippen molar-refractivity contribution in [3.05, 3.63) is 81.2 Å². The molecule has 0 fully saturated rings. The van der Waals surface area contributed by atoms with Crippen molar-refractivity contribution in [3.8, 4) is 0 Å². The number of nitrogens with two attached hydrogens (primary N) is 1. The molecule has 0 radical (unpaired) electrons. The second kappa shape index (κ2) is 7.80. The Morgan fingerprint density at radius 2 is 2.07 bits per heavy atom. The van der Waals surface area contributed by atoms with E-state index in [2.05, 4.69) is 80.5 Å². The molecule has 5 nitrogen and oxygen atoms in total. The highest BCUT2D eigenvalue weighted by Gasteiger charge is 2.55. The number of aromatic nitrogens is 2. The topological polar surface area (TPSA) is 59.4 Å². The lowest BCUT2D eigenvalue weighted by Gasteiger charge is -2.51. The van der Waals surface area contributed by atoms with Crippen LogP contribution in [0.2, 0.25) is 0 Å². The molecule has 3 aromatic rings. The molecular formula is C22H24BrN5S. The van der Waals surface area contributed by atoms with Crippen LogP contribution in [-0.4, -0.2) is 34.2 Å². The average molecular weight is 470 g/mol. The van der Waals surface area contributed by atoms with Gasteiger partial charge in [-0.3, -0.25) is 4.68 Å². The fourth-order valence-electron chi connectivity index (χ4n) is 4.03. The summed E-state index contributed by atoms with van der Waals surface area (Å²) in [4.78, 5) is 8.20. The smallest absolute Gasteiger partial charge is 0.192 e. The van der Waals surface area contributed by atoms with E-state index >= 15 is 0 Å². The third-order valence-electron chi connectivity index (χ3n) is 5.69. The van der Waals surface area contributed by atoms with E-state index < -0.39 is 11.1 Å². The molecule has 0 spiro atoms. The van der Waals surface area contributed by atoms with Gasteiger partial charge in [-0.05, 0) is 47.0 Å². The van der Waals surface area contributed by atoms with Crippen LogP contribution in [0.15, 0.2) is 75.8 Å². The zero-order chi connectivity index (χ0) is 20.5. The Morgan fingerprint density at radius 3 is 2.72 bits per heavy atom. The third-order valence-corrected chi connectivity index (χ3v) is 7.59. The number of halogens is 1. The summed E-state index contributed by atoms with van der Waals surface area (Å²) in [5.74, 6) is 0.548. The van der Waals surface area contributed by atoms with E-state index in [9.17, 15) is 0 Å². The number of guanidine groups is 1. The van der Waals surface area contributed by atoms with Gasteiger partial charge in [0.1, 0.15) is 11.1 Å². The van der Waals surface area contributed by atoms with Gasteiger partial charge in [-0.15, -0.1) is 11.3 Å². The van der Waals surface area contributed by atoms with Crippen LogP contribution in [0.1, 0.15) is 23.8 Å². The molecule has 0 bridgehead atoms. The van der Waals surface area contributed by atoms with Crippen LogP contribution in [0.5, 0.6) is 0 Å². The lowest BCUT2D eigenvalue weighted by atomic mass is 9.73. The number of aliphatic imine (C=N–C) groups is 1. The number of benzene rings is 1. The summed E-state index contributed by atoms with van der Waals surface area (Å²) < 4.78 is 3.11. The van der Waals surface area contributed by atoms with Gasteiger partial charge in [-0.2, -0.15) is 5.10 Å². The lowest BCUT2D eigenvalue weighted by molar-refractivity contribution is 0.0854. The minimum atomic E-state index is -0.562. The summed E-state index contributed by atoms with van der Waals surface area (Å²) >= 11 is 5.30. The molecule has 29 heavy (non-hydrogen) atoms. The van der Waals surface area contributed by atoms with Gasteiger partial charge in [-0.25, -0.2) is 4.99 Å². The molecule has 150 valence electrons. The van der Waals surface area contributed by atoms with Gasteiger partial charge in [0.25, 0.3) is 0 Å². The molecule has 1 aliphatic rings. The maximum absolute atomic E-state index is 6.31. The largest absolute Gasteiger partial charge is 0.370 e. The molecule has 0 aliphatic carbocycles. The third kappa shape index (κ3) is 3.53. The second-order valence-corrected chi connectivity index (χ2v) is 9.35. The summed E-state index contributed by atoms with van der Waals surface area (Å²) in [5, 5.41) is 6.76. The van der Waals surface area contributed by atoms with Crippen molar-refractivity contribution in [2.45, 2.75) is 24.4 Å². The summed E-state index contributed by atoms with van der Waals surface area (Å²) in [6.45, 7) is 2.87. The number of hydrogen-bond acceptors (Lipinski definition) is 5. The Bertz CT molecular complexity index is 1030. The highest BCUT2D eigenvalue weighted by molar-refractivity contribution is 9.10. The van der Waals surface area contributed by atoms with Crippen LogP contribution in [0.4, 0.5) is 0 Å². The molecular weight excluding hydrogens is 446 g/mol. The van der Waals surface area contributed by atoms with Crippen molar-refractivity contribution < 1.29 is 0 Å². The molecule has 1 aromatic carbocycles. The zero-order valence-electron chi connectivity index (χ0n) is 16.5. The Labute approximate surface area is 183 Å². The first-order valence-corrected chi connectivity index (χ1v) is 11.1. The van der Waals surface area contributed by atoms with E-state index in [4.69, 9.17) is 10.7 Å². The van der Waals surface area contributed by atoms with Crippen molar-refractivity contribution in [2.75, 3.05) is 13.6 Å². The predicted molar refractivity (Wildman–Crippen MR) is 124 cm³/mol. The SMILES string of the molecule is CN1C[C@@](C/C=C/c2ccccc2)(n2cccn2)[C@@](C)(c2cc(Br)cs2)N=C1N. The van der Waals surface area contributed by atoms with Crippen LogP contribution in [-0.2, 0) is 11.1 Å². The van der Waals surface area contributed by atoms with E-state index in [1.807, 2.05) is 36.5 Å². The van der Waals surface area contributed by atoms with E-state index in [0.717, 1.165) is 15.8 Å². The average Bonchev–Trinajstić information content (AvgIpc) is 3.39. The van der Waals surface area contributed by atoms with Crippen molar-refractivity contribution >= 4 is 39.3 Å². The molecule has 2 atom stereocenters. The Hall–Kier alpha value is -2.38. The normalized spacial score (nSPS) is 24.8. The number of hydrogen-bond donors (Lipinski definition) is 1. The highest BCUT2D eigenvalue weighted by atomic mass is 79.9. The van der Waals surface area contributed by atoms with Gasteiger partial charge in [0, 0.05) is 40.7 Å². The maximum Gasteiger partial charge on any atom is 0.192 e. The first-order valence-electron chi connectivity index (χ1n) is 9.47. The standard InChI is InChI=1S/C22H24BrN5S/c1-21(19-14-18(23)15-29-19)22(28-13-7-12-25-28,16-27(2)20(24)26-21)11-6-10-17-8-4-3-5-9-17/h3-10,12-15H,11,16H2,1-2H3,(H2,24,26)/b10-6+/t21-,22-/m1/s1. The molecule has 0 saturated heterocycles. The van der Waals surface area contributed by atoms with Gasteiger partial charge >= 0.3 is 0 Å². The van der Waals surface area contributed by atoms with Gasteiger partial charge in [-0.1, -0.05) is 42.5 Å². The van der Waals surface area contributed by atoms with Gasteiger partial charge in [0.2, 0.25) is 0 Å². The highest BCUT2D eigenvalue weighted by Crippen LogP contribution is 2.49. The van der Waals surface area contributed by atoms with E-state index in [1.54, 1.807) is 11.3 Å². The van der Waals surface area contributed by atoms with E-state index in [-0.39, 0.29) is 0 Å². The monoisotopic (exact) mass is 469 g/mol. The number of likely N-dealkylation sites (N-methyl/N-ethyl adjacent to an activating group) is 1. The predicted octanol–water partition coefficient (Wildman–Crippen LogP) is 4.68. The molecule has 0 unspecified atom stereocenters. The van der Waals surface area contributed by atoms with Gasteiger partial charge < -0.3 is 10.6 Å². The van der Waals surface area contributed by atoms with Crippen LogP contribution in [0.25, 0.3) is 6.08 Å². The fourth-order valence-corrected chi connectivity index (χ4v) is 5.66. The maximum atomic E-state index is 6.31.